The number of nitrogens with zero attached hydrogens (tertiary/aromatic N) is 2. The molecule has 2 aromatic heterocycles. The Morgan fingerprint density at radius 2 is 2.12 bits per heavy atom. The maximum atomic E-state index is 12.2. The number of methoxy groups -OCH3 is 2. The first-order chi connectivity index (χ1) is 12.2. The highest BCUT2D eigenvalue weighted by Gasteiger charge is 2.14. The van der Waals surface area contributed by atoms with Crippen LogP contribution in [0, 0.1) is 0 Å². The third kappa shape index (κ3) is 3.97. The number of rotatable bonds is 7. The second-order valence-corrected chi connectivity index (χ2v) is 5.10. The van der Waals surface area contributed by atoms with Crippen LogP contribution in [-0.2, 0) is 11.2 Å². The van der Waals surface area contributed by atoms with Crippen LogP contribution in [0.25, 0.3) is 11.6 Å². The van der Waals surface area contributed by atoms with Crippen molar-refractivity contribution in [2.75, 3.05) is 19.5 Å². The first kappa shape index (κ1) is 16.6. The van der Waals surface area contributed by atoms with E-state index in [1.54, 1.807) is 37.4 Å². The smallest absolute Gasteiger partial charge is 0.238 e. The summed E-state index contributed by atoms with van der Waals surface area (Å²) in [6.45, 7) is 0. The minimum absolute atomic E-state index is 0.181. The molecule has 0 fully saturated rings. The molecular weight excluding hydrogens is 326 g/mol. The number of carbonyl (C=O) groups is 1. The average Bonchev–Trinajstić information content (AvgIpc) is 3.31. The molecule has 0 saturated heterocycles. The summed E-state index contributed by atoms with van der Waals surface area (Å²) >= 11 is 0. The predicted octanol–water partition coefficient (Wildman–Crippen LogP) is 2.92. The Balaban J connectivity index is 1.60. The van der Waals surface area contributed by atoms with Gasteiger partial charge in [0.05, 0.1) is 26.2 Å². The molecule has 0 saturated carbocycles. The van der Waals surface area contributed by atoms with Crippen LogP contribution in [0.2, 0.25) is 0 Å². The normalized spacial score (nSPS) is 10.5. The molecule has 1 aromatic carbocycles. The van der Waals surface area contributed by atoms with Gasteiger partial charge in [0, 0.05) is 18.9 Å². The summed E-state index contributed by atoms with van der Waals surface area (Å²) in [5, 5.41) is 6.61. The lowest BCUT2D eigenvalue weighted by molar-refractivity contribution is -0.116. The zero-order valence-electron chi connectivity index (χ0n) is 13.8. The van der Waals surface area contributed by atoms with Crippen molar-refractivity contribution >= 4 is 11.6 Å². The van der Waals surface area contributed by atoms with Gasteiger partial charge in [-0.25, -0.2) is 0 Å². The summed E-state index contributed by atoms with van der Waals surface area (Å²) < 4.78 is 20.7. The molecule has 0 aliphatic rings. The van der Waals surface area contributed by atoms with E-state index in [0.29, 0.717) is 41.1 Å². The second kappa shape index (κ2) is 7.52. The highest BCUT2D eigenvalue weighted by atomic mass is 16.5. The molecule has 3 rings (SSSR count). The molecule has 0 bridgehead atoms. The van der Waals surface area contributed by atoms with Gasteiger partial charge in [0.15, 0.2) is 5.76 Å². The van der Waals surface area contributed by atoms with Gasteiger partial charge in [-0.05, 0) is 24.3 Å². The fourth-order valence-corrected chi connectivity index (χ4v) is 2.21. The molecule has 0 spiro atoms. The maximum Gasteiger partial charge on any atom is 0.238 e. The van der Waals surface area contributed by atoms with Crippen LogP contribution in [0.3, 0.4) is 0 Å². The van der Waals surface area contributed by atoms with Crippen molar-refractivity contribution in [1.82, 2.24) is 10.1 Å². The summed E-state index contributed by atoms with van der Waals surface area (Å²) in [5.74, 6) is 2.20. The van der Waals surface area contributed by atoms with Crippen LogP contribution >= 0.6 is 0 Å². The van der Waals surface area contributed by atoms with Crippen LogP contribution < -0.4 is 14.8 Å². The zero-order valence-corrected chi connectivity index (χ0v) is 13.8. The summed E-state index contributed by atoms with van der Waals surface area (Å²) in [7, 11) is 3.09. The Hall–Kier alpha value is -3.29. The molecule has 0 unspecified atom stereocenters. The van der Waals surface area contributed by atoms with Gasteiger partial charge in [0.25, 0.3) is 0 Å². The highest BCUT2D eigenvalue weighted by Crippen LogP contribution is 2.29. The Morgan fingerprint density at radius 1 is 1.24 bits per heavy atom. The molecule has 0 aliphatic carbocycles. The third-order valence-electron chi connectivity index (χ3n) is 3.46. The van der Waals surface area contributed by atoms with E-state index in [1.807, 2.05) is 0 Å². The summed E-state index contributed by atoms with van der Waals surface area (Å²) in [6, 6.07) is 8.64. The summed E-state index contributed by atoms with van der Waals surface area (Å²) in [5.41, 5.74) is 0.536. The zero-order chi connectivity index (χ0) is 17.6. The number of ether oxygens (including phenoxy) is 2. The number of nitrogens with one attached hydrogen (secondary N) is 1. The monoisotopic (exact) mass is 343 g/mol. The fraction of sp³-hybridized carbons (Fsp3) is 0.235. The molecule has 8 heteroatoms. The maximum absolute atomic E-state index is 12.2. The van der Waals surface area contributed by atoms with Crippen molar-refractivity contribution < 1.29 is 23.2 Å². The standard InChI is InChI=1S/C17H17N3O5/c1-22-11-5-6-13(23-2)12(10-11)18-15(21)7-8-16-19-17(20-25-16)14-4-3-9-24-14/h3-6,9-10H,7-8H2,1-2H3,(H,18,21). The van der Waals surface area contributed by atoms with E-state index in [1.165, 1.54) is 13.4 Å². The number of furan rings is 1. The van der Waals surface area contributed by atoms with E-state index in [0.717, 1.165) is 0 Å². The van der Waals surface area contributed by atoms with Crippen molar-refractivity contribution in [2.24, 2.45) is 0 Å². The average molecular weight is 343 g/mol. The van der Waals surface area contributed by atoms with E-state index in [2.05, 4.69) is 15.5 Å². The van der Waals surface area contributed by atoms with E-state index in [9.17, 15) is 4.79 Å². The molecular formula is C17H17N3O5. The number of aryl methyl sites for hydroxylation is 1. The third-order valence-corrected chi connectivity index (χ3v) is 3.46. The molecule has 130 valence electrons. The summed E-state index contributed by atoms with van der Waals surface area (Å²) in [6.07, 6.45) is 2.02. The first-order valence-electron chi connectivity index (χ1n) is 7.58. The number of benzene rings is 1. The van der Waals surface area contributed by atoms with Crippen LogP contribution in [0.1, 0.15) is 12.3 Å². The van der Waals surface area contributed by atoms with E-state index in [4.69, 9.17) is 18.4 Å². The van der Waals surface area contributed by atoms with E-state index < -0.39 is 0 Å². The molecule has 0 aliphatic heterocycles. The van der Waals surface area contributed by atoms with Crippen molar-refractivity contribution in [3.63, 3.8) is 0 Å². The lowest BCUT2D eigenvalue weighted by Crippen LogP contribution is -2.13. The molecule has 2 heterocycles. The van der Waals surface area contributed by atoms with Gasteiger partial charge in [0.1, 0.15) is 11.5 Å². The SMILES string of the molecule is COc1ccc(OC)c(NC(=O)CCc2nc(-c3ccco3)no2)c1. The van der Waals surface area contributed by atoms with Crippen LogP contribution in [0.5, 0.6) is 11.5 Å². The highest BCUT2D eigenvalue weighted by molar-refractivity contribution is 5.92. The Labute approximate surface area is 143 Å². The van der Waals surface area contributed by atoms with Gasteiger partial charge in [-0.15, -0.1) is 0 Å². The number of carbonyl (C=O) groups excluding carboxylic acids is 1. The van der Waals surface area contributed by atoms with E-state index in [-0.39, 0.29) is 12.3 Å². The van der Waals surface area contributed by atoms with Crippen molar-refractivity contribution in [3.05, 3.63) is 42.5 Å². The second-order valence-electron chi connectivity index (χ2n) is 5.10. The molecule has 1 N–H and O–H groups in total. The van der Waals surface area contributed by atoms with Crippen molar-refractivity contribution in [1.29, 1.82) is 0 Å². The fourth-order valence-electron chi connectivity index (χ4n) is 2.21. The number of amides is 1. The molecule has 0 atom stereocenters. The number of hydrogen-bond acceptors (Lipinski definition) is 7. The molecule has 0 radical (unpaired) electrons. The molecule has 3 aromatic rings. The predicted molar refractivity (Wildman–Crippen MR) is 88.5 cm³/mol. The largest absolute Gasteiger partial charge is 0.497 e. The van der Waals surface area contributed by atoms with Crippen LogP contribution in [0.4, 0.5) is 5.69 Å². The summed E-state index contributed by atoms with van der Waals surface area (Å²) in [4.78, 5) is 16.4. The van der Waals surface area contributed by atoms with E-state index >= 15 is 0 Å². The quantitative estimate of drug-likeness (QED) is 0.704. The van der Waals surface area contributed by atoms with Gasteiger partial charge in [-0.1, -0.05) is 5.16 Å². The van der Waals surface area contributed by atoms with Crippen LogP contribution in [-0.4, -0.2) is 30.3 Å². The Kier molecular flexibility index (Phi) is 4.98. The van der Waals surface area contributed by atoms with Gasteiger partial charge in [0.2, 0.25) is 17.6 Å². The number of hydrogen-bond donors (Lipinski definition) is 1. The van der Waals surface area contributed by atoms with Gasteiger partial charge in [-0.2, -0.15) is 4.98 Å². The number of anilines is 1. The molecule has 25 heavy (non-hydrogen) atoms. The van der Waals surface area contributed by atoms with Crippen LogP contribution in [0.15, 0.2) is 45.5 Å². The molecule has 8 nitrogen and oxygen atoms in total. The topological polar surface area (TPSA) is 99.6 Å². The van der Waals surface area contributed by atoms with Crippen molar-refractivity contribution in [3.8, 4) is 23.1 Å². The lowest BCUT2D eigenvalue weighted by atomic mass is 10.2. The molecule has 1 amide bonds. The minimum Gasteiger partial charge on any atom is -0.497 e. The van der Waals surface area contributed by atoms with Gasteiger partial charge in [-0.3, -0.25) is 4.79 Å². The Morgan fingerprint density at radius 3 is 2.84 bits per heavy atom. The van der Waals surface area contributed by atoms with Crippen molar-refractivity contribution in [2.45, 2.75) is 12.8 Å². The lowest BCUT2D eigenvalue weighted by Gasteiger charge is -2.11. The number of aromatic nitrogens is 2. The van der Waals surface area contributed by atoms with Gasteiger partial charge < -0.3 is 23.7 Å². The Bertz CT molecular complexity index is 842. The first-order valence-corrected chi connectivity index (χ1v) is 7.58. The minimum atomic E-state index is -0.204. The van der Waals surface area contributed by atoms with Gasteiger partial charge >= 0.3 is 0 Å².